The van der Waals surface area contributed by atoms with E-state index in [1.54, 1.807) is 14.2 Å². The van der Waals surface area contributed by atoms with E-state index in [2.05, 4.69) is 6.58 Å². The molecule has 0 fully saturated rings. The highest BCUT2D eigenvalue weighted by Gasteiger charge is 2.18. The molecule has 0 spiro atoms. The fourth-order valence-corrected chi connectivity index (χ4v) is 3.04. The summed E-state index contributed by atoms with van der Waals surface area (Å²) in [6, 6.07) is 8.03. The first kappa shape index (κ1) is 15.6. The quantitative estimate of drug-likeness (QED) is 0.312. The average Bonchev–Trinajstić information content (AvgIpc) is 2.46. The molecule has 0 amide bonds. The monoisotopic (exact) mass is 279 g/mol. The number of rotatable bonds is 8. The predicted octanol–water partition coefficient (Wildman–Crippen LogP) is 1.34. The molecule has 0 saturated heterocycles. The summed E-state index contributed by atoms with van der Waals surface area (Å²) in [6.07, 6.45) is 2.76. The van der Waals surface area contributed by atoms with Crippen LogP contribution in [0.15, 0.2) is 36.9 Å². The van der Waals surface area contributed by atoms with Gasteiger partial charge in [0.05, 0.1) is 6.61 Å². The Balaban J connectivity index is 2.58. The summed E-state index contributed by atoms with van der Waals surface area (Å²) in [7, 11) is 1.89. The first-order chi connectivity index (χ1) is 9.22. The molecule has 0 unspecified atom stereocenters. The van der Waals surface area contributed by atoms with Crippen molar-refractivity contribution >= 4 is 20.4 Å². The number of ether oxygens (including phenoxy) is 1. The Morgan fingerprint density at radius 1 is 1.32 bits per heavy atom. The number of hydrogen-bond acceptors (Lipinski definition) is 4. The lowest BCUT2D eigenvalue weighted by atomic mass is 10.1. The number of carbonyl (C=O) groups excluding carboxylic acids is 1. The molecule has 0 saturated carbocycles. The van der Waals surface area contributed by atoms with Gasteiger partial charge >= 0.3 is 15.3 Å². The van der Waals surface area contributed by atoms with Crippen molar-refractivity contribution in [3.05, 3.63) is 42.5 Å². The lowest BCUT2D eigenvalue weighted by molar-refractivity contribution is -0.137. The molecule has 1 aromatic rings. The molecule has 103 valence electrons. The normalized spacial score (nSPS) is 10.5. The summed E-state index contributed by atoms with van der Waals surface area (Å²) < 4.78 is 15.7. The van der Waals surface area contributed by atoms with Crippen LogP contribution in [0.1, 0.15) is 12.0 Å². The highest BCUT2D eigenvalue weighted by Crippen LogP contribution is 2.04. The van der Waals surface area contributed by atoms with Gasteiger partial charge in [0, 0.05) is 20.3 Å². The second-order valence-corrected chi connectivity index (χ2v) is 5.76. The molecular formula is C14H19O4Si. The van der Waals surface area contributed by atoms with E-state index in [1.807, 2.05) is 24.3 Å². The van der Waals surface area contributed by atoms with Crippen molar-refractivity contribution < 1.29 is 18.4 Å². The van der Waals surface area contributed by atoms with Gasteiger partial charge in [0.15, 0.2) is 0 Å². The van der Waals surface area contributed by atoms with Crippen molar-refractivity contribution in [2.75, 3.05) is 20.8 Å². The van der Waals surface area contributed by atoms with E-state index in [4.69, 9.17) is 13.6 Å². The Hall–Kier alpha value is -1.43. The van der Waals surface area contributed by atoms with Crippen molar-refractivity contribution in [3.63, 3.8) is 0 Å². The Bertz CT molecular complexity index is 416. The first-order valence-corrected chi connectivity index (χ1v) is 7.37. The zero-order valence-corrected chi connectivity index (χ0v) is 12.3. The zero-order valence-electron chi connectivity index (χ0n) is 11.3. The molecule has 19 heavy (non-hydrogen) atoms. The summed E-state index contributed by atoms with van der Waals surface area (Å²) in [4.78, 5) is 10.9. The Morgan fingerprint density at radius 3 is 2.63 bits per heavy atom. The van der Waals surface area contributed by atoms with Crippen LogP contribution >= 0.6 is 0 Å². The van der Waals surface area contributed by atoms with Gasteiger partial charge in [-0.3, -0.25) is 0 Å². The van der Waals surface area contributed by atoms with E-state index in [-0.39, 0.29) is 5.97 Å². The van der Waals surface area contributed by atoms with Gasteiger partial charge in [0.1, 0.15) is 0 Å². The van der Waals surface area contributed by atoms with E-state index in [9.17, 15) is 4.79 Å². The maximum absolute atomic E-state index is 10.9. The topological polar surface area (TPSA) is 44.8 Å². The van der Waals surface area contributed by atoms with E-state index in [1.165, 1.54) is 11.6 Å². The molecule has 0 heterocycles. The molecule has 0 bridgehead atoms. The van der Waals surface area contributed by atoms with Crippen molar-refractivity contribution in [2.45, 2.75) is 12.8 Å². The van der Waals surface area contributed by atoms with Crippen LogP contribution in [0, 0.1) is 0 Å². The third kappa shape index (κ3) is 4.98. The Kier molecular flexibility index (Phi) is 7.10. The minimum atomic E-state index is -1.41. The van der Waals surface area contributed by atoms with Gasteiger partial charge in [-0.2, -0.15) is 0 Å². The number of benzene rings is 1. The summed E-state index contributed by atoms with van der Waals surface area (Å²) in [5.74, 6) is -0.383. The molecule has 1 rings (SSSR count). The van der Waals surface area contributed by atoms with Crippen LogP contribution in [-0.2, 0) is 24.8 Å². The van der Waals surface area contributed by atoms with Gasteiger partial charge in [-0.25, -0.2) is 4.79 Å². The van der Waals surface area contributed by atoms with Crippen molar-refractivity contribution in [1.82, 2.24) is 0 Å². The minimum absolute atomic E-state index is 0.383. The molecule has 0 aromatic heterocycles. The Labute approximate surface area is 115 Å². The maximum Gasteiger partial charge on any atom is 0.423 e. The van der Waals surface area contributed by atoms with E-state index >= 15 is 0 Å². The fraction of sp³-hybridized carbons (Fsp3) is 0.357. The van der Waals surface area contributed by atoms with Crippen LogP contribution in [0.5, 0.6) is 0 Å². The molecule has 0 aliphatic heterocycles. The van der Waals surface area contributed by atoms with Crippen molar-refractivity contribution in [3.8, 4) is 0 Å². The molecule has 0 N–H and O–H groups in total. The fourth-order valence-electron chi connectivity index (χ4n) is 1.73. The molecule has 1 radical (unpaired) electrons. The smallest absolute Gasteiger partial charge is 0.423 e. The Morgan fingerprint density at radius 2 is 2.00 bits per heavy atom. The predicted molar refractivity (Wildman–Crippen MR) is 75.3 cm³/mol. The van der Waals surface area contributed by atoms with Crippen molar-refractivity contribution in [2.24, 2.45) is 0 Å². The molecule has 0 aliphatic rings. The molecule has 1 aromatic carbocycles. The zero-order chi connectivity index (χ0) is 14.1. The van der Waals surface area contributed by atoms with Crippen LogP contribution in [0.25, 0.3) is 0 Å². The molecule has 5 heteroatoms. The molecular weight excluding hydrogens is 260 g/mol. The number of esters is 1. The number of aryl methyl sites for hydroxylation is 1. The van der Waals surface area contributed by atoms with Gasteiger partial charge in [0.25, 0.3) is 0 Å². The molecule has 0 aliphatic carbocycles. The van der Waals surface area contributed by atoms with E-state index in [0.717, 1.165) is 18.0 Å². The molecule has 4 nitrogen and oxygen atoms in total. The molecule has 0 atom stereocenters. The van der Waals surface area contributed by atoms with Crippen LogP contribution in [0.3, 0.4) is 0 Å². The van der Waals surface area contributed by atoms with Gasteiger partial charge in [-0.05, 0) is 23.6 Å². The second-order valence-electron chi connectivity index (χ2n) is 3.83. The summed E-state index contributed by atoms with van der Waals surface area (Å²) in [5.41, 5.74) is 1.18. The van der Waals surface area contributed by atoms with Crippen LogP contribution in [0.2, 0.25) is 0 Å². The van der Waals surface area contributed by atoms with Crippen LogP contribution < -0.4 is 5.19 Å². The minimum Gasteiger partial charge on any atom is -0.463 e. The van der Waals surface area contributed by atoms with E-state index in [0.29, 0.717) is 6.61 Å². The largest absolute Gasteiger partial charge is 0.463 e. The summed E-state index contributed by atoms with van der Waals surface area (Å²) in [6.45, 7) is 3.74. The van der Waals surface area contributed by atoms with Gasteiger partial charge in [-0.1, -0.05) is 30.8 Å². The van der Waals surface area contributed by atoms with Gasteiger partial charge < -0.3 is 13.6 Å². The van der Waals surface area contributed by atoms with Crippen LogP contribution in [0.4, 0.5) is 0 Å². The SMILES string of the molecule is C=CC(=O)OCCCc1ccccc1[Si](OC)OC. The van der Waals surface area contributed by atoms with E-state index < -0.39 is 9.28 Å². The maximum atomic E-state index is 10.9. The lowest BCUT2D eigenvalue weighted by Crippen LogP contribution is -2.37. The average molecular weight is 279 g/mol. The summed E-state index contributed by atoms with van der Waals surface area (Å²) in [5, 5.41) is 1.10. The van der Waals surface area contributed by atoms with Gasteiger partial charge in [-0.15, -0.1) is 0 Å². The third-order valence-electron chi connectivity index (χ3n) is 2.61. The van der Waals surface area contributed by atoms with Gasteiger partial charge in [0.2, 0.25) is 0 Å². The van der Waals surface area contributed by atoms with Crippen LogP contribution in [-0.4, -0.2) is 36.1 Å². The first-order valence-electron chi connectivity index (χ1n) is 6.05. The standard InChI is InChI=1S/C14H19O4Si/c1-4-14(15)18-11-7-9-12-8-5-6-10-13(12)19(16-2)17-3/h4-6,8,10H,1,7,9,11H2,2-3H3. The number of hydrogen-bond donors (Lipinski definition) is 0. The highest BCUT2D eigenvalue weighted by molar-refractivity contribution is 6.61. The third-order valence-corrected chi connectivity index (χ3v) is 4.28. The lowest BCUT2D eigenvalue weighted by Gasteiger charge is -2.14. The highest BCUT2D eigenvalue weighted by atomic mass is 28.3. The summed E-state index contributed by atoms with van der Waals surface area (Å²) >= 11 is 0. The van der Waals surface area contributed by atoms with Crippen molar-refractivity contribution in [1.29, 1.82) is 0 Å². The number of carbonyl (C=O) groups is 1. The second kappa shape index (κ2) is 8.63.